The van der Waals surface area contributed by atoms with Crippen LogP contribution >= 0.6 is 11.6 Å². The SMILES string of the molecule is Fc1ccc(-c2ccc(Cl)nn2)c(F)c1F. The maximum absolute atomic E-state index is 13.3. The van der Waals surface area contributed by atoms with Crippen molar-refractivity contribution in [1.29, 1.82) is 0 Å². The van der Waals surface area contributed by atoms with Gasteiger partial charge in [-0.05, 0) is 24.3 Å². The van der Waals surface area contributed by atoms with E-state index in [4.69, 9.17) is 11.6 Å². The third kappa shape index (κ3) is 1.86. The molecule has 16 heavy (non-hydrogen) atoms. The van der Waals surface area contributed by atoms with E-state index in [9.17, 15) is 13.2 Å². The molecule has 0 spiro atoms. The Morgan fingerprint density at radius 3 is 2.25 bits per heavy atom. The topological polar surface area (TPSA) is 25.8 Å². The van der Waals surface area contributed by atoms with Gasteiger partial charge in [-0.2, -0.15) is 0 Å². The van der Waals surface area contributed by atoms with Gasteiger partial charge in [0.15, 0.2) is 22.6 Å². The average molecular weight is 245 g/mol. The molecule has 0 saturated heterocycles. The largest absolute Gasteiger partial charge is 0.204 e. The fourth-order valence-electron chi connectivity index (χ4n) is 1.18. The van der Waals surface area contributed by atoms with E-state index in [-0.39, 0.29) is 16.4 Å². The van der Waals surface area contributed by atoms with Gasteiger partial charge in [-0.1, -0.05) is 11.6 Å². The molecule has 0 amide bonds. The second-order valence-corrected chi connectivity index (χ2v) is 3.35. The van der Waals surface area contributed by atoms with Crippen LogP contribution in [0.15, 0.2) is 24.3 Å². The molecule has 0 radical (unpaired) electrons. The first-order valence-corrected chi connectivity index (χ1v) is 4.60. The van der Waals surface area contributed by atoms with E-state index in [0.717, 1.165) is 12.1 Å². The summed E-state index contributed by atoms with van der Waals surface area (Å²) in [7, 11) is 0. The lowest BCUT2D eigenvalue weighted by molar-refractivity contribution is 0.448. The molecule has 1 aromatic heterocycles. The van der Waals surface area contributed by atoms with Crippen LogP contribution in [0.25, 0.3) is 11.3 Å². The molecule has 6 heteroatoms. The first kappa shape index (κ1) is 10.9. The van der Waals surface area contributed by atoms with Crippen molar-refractivity contribution in [3.8, 4) is 11.3 Å². The van der Waals surface area contributed by atoms with Gasteiger partial charge in [0.2, 0.25) is 0 Å². The zero-order valence-corrected chi connectivity index (χ0v) is 8.47. The maximum atomic E-state index is 13.3. The Morgan fingerprint density at radius 2 is 1.62 bits per heavy atom. The van der Waals surface area contributed by atoms with E-state index in [0.29, 0.717) is 0 Å². The van der Waals surface area contributed by atoms with Crippen LogP contribution in [-0.4, -0.2) is 10.2 Å². The third-order valence-electron chi connectivity index (χ3n) is 1.94. The van der Waals surface area contributed by atoms with E-state index in [1.165, 1.54) is 12.1 Å². The molecule has 0 atom stereocenters. The van der Waals surface area contributed by atoms with Crippen LogP contribution in [0.4, 0.5) is 13.2 Å². The Morgan fingerprint density at radius 1 is 0.875 bits per heavy atom. The molecule has 0 aliphatic heterocycles. The number of rotatable bonds is 1. The Bertz CT molecular complexity index is 528. The van der Waals surface area contributed by atoms with Gasteiger partial charge in [-0.3, -0.25) is 0 Å². The van der Waals surface area contributed by atoms with Crippen molar-refractivity contribution in [2.75, 3.05) is 0 Å². The lowest BCUT2D eigenvalue weighted by Gasteiger charge is -2.03. The van der Waals surface area contributed by atoms with Gasteiger partial charge in [-0.15, -0.1) is 10.2 Å². The van der Waals surface area contributed by atoms with Crippen LogP contribution in [0.5, 0.6) is 0 Å². The summed E-state index contributed by atoms with van der Waals surface area (Å²) in [5, 5.41) is 7.18. The van der Waals surface area contributed by atoms with Gasteiger partial charge >= 0.3 is 0 Å². The Labute approximate surface area is 93.7 Å². The highest BCUT2D eigenvalue weighted by atomic mass is 35.5. The minimum Gasteiger partial charge on any atom is -0.204 e. The number of hydrogen-bond acceptors (Lipinski definition) is 2. The smallest absolute Gasteiger partial charge is 0.195 e. The summed E-state index contributed by atoms with van der Waals surface area (Å²) < 4.78 is 38.9. The zero-order valence-electron chi connectivity index (χ0n) is 7.72. The molecule has 2 aromatic rings. The second-order valence-electron chi connectivity index (χ2n) is 2.96. The first-order chi connectivity index (χ1) is 7.59. The van der Waals surface area contributed by atoms with E-state index < -0.39 is 17.5 Å². The van der Waals surface area contributed by atoms with Crippen LogP contribution in [0.3, 0.4) is 0 Å². The van der Waals surface area contributed by atoms with Gasteiger partial charge in [0.05, 0.1) is 5.69 Å². The number of nitrogens with zero attached hydrogens (tertiary/aromatic N) is 2. The minimum absolute atomic E-state index is 0.0841. The normalized spacial score (nSPS) is 10.5. The van der Waals surface area contributed by atoms with Crippen molar-refractivity contribution in [2.24, 2.45) is 0 Å². The minimum atomic E-state index is -1.53. The molecule has 1 aromatic carbocycles. The standard InChI is InChI=1S/C10H4ClF3N2/c11-8-4-3-7(15-16-8)5-1-2-6(12)10(14)9(5)13/h1-4H. The number of halogens is 4. The number of benzene rings is 1. The summed E-state index contributed by atoms with van der Waals surface area (Å²) in [6.07, 6.45) is 0. The third-order valence-corrected chi connectivity index (χ3v) is 2.14. The molecule has 0 aliphatic rings. The van der Waals surface area contributed by atoms with Gasteiger partial charge in [0, 0.05) is 5.56 Å². The highest BCUT2D eigenvalue weighted by Gasteiger charge is 2.15. The predicted octanol–water partition coefficient (Wildman–Crippen LogP) is 3.21. The summed E-state index contributed by atoms with van der Waals surface area (Å²) in [5.74, 6) is -4.07. The lowest BCUT2D eigenvalue weighted by atomic mass is 10.1. The van der Waals surface area contributed by atoms with Crippen molar-refractivity contribution in [1.82, 2.24) is 10.2 Å². The Kier molecular flexibility index (Phi) is 2.78. The Hall–Kier alpha value is -1.62. The molecule has 0 fully saturated rings. The van der Waals surface area contributed by atoms with Crippen LogP contribution in [0, 0.1) is 17.5 Å². The molecule has 2 rings (SSSR count). The molecule has 0 N–H and O–H groups in total. The van der Waals surface area contributed by atoms with Gasteiger partial charge in [0.25, 0.3) is 0 Å². The molecule has 2 nitrogen and oxygen atoms in total. The quantitative estimate of drug-likeness (QED) is 0.720. The summed E-state index contributed by atoms with van der Waals surface area (Å²) in [6, 6.07) is 4.66. The highest BCUT2D eigenvalue weighted by Crippen LogP contribution is 2.24. The molecule has 0 aliphatic carbocycles. The summed E-state index contributed by atoms with van der Waals surface area (Å²) in [5.41, 5.74) is -0.0798. The van der Waals surface area contributed by atoms with Gasteiger partial charge in [0.1, 0.15) is 0 Å². The summed E-state index contributed by atoms with van der Waals surface area (Å²) in [4.78, 5) is 0. The van der Waals surface area contributed by atoms with Crippen molar-refractivity contribution >= 4 is 11.6 Å². The van der Waals surface area contributed by atoms with Crippen molar-refractivity contribution in [3.63, 3.8) is 0 Å². The van der Waals surface area contributed by atoms with E-state index in [1.54, 1.807) is 0 Å². The van der Waals surface area contributed by atoms with Gasteiger partial charge in [-0.25, -0.2) is 13.2 Å². The monoisotopic (exact) mass is 244 g/mol. The molecular weight excluding hydrogens is 241 g/mol. The van der Waals surface area contributed by atoms with Crippen LogP contribution in [-0.2, 0) is 0 Å². The van der Waals surface area contributed by atoms with Crippen LogP contribution in [0.2, 0.25) is 5.15 Å². The molecule has 0 bridgehead atoms. The maximum Gasteiger partial charge on any atom is 0.195 e. The summed E-state index contributed by atoms with van der Waals surface area (Å²) >= 11 is 5.49. The summed E-state index contributed by atoms with van der Waals surface area (Å²) in [6.45, 7) is 0. The molecule has 82 valence electrons. The highest BCUT2D eigenvalue weighted by molar-refractivity contribution is 6.29. The second kappa shape index (κ2) is 4.09. The van der Waals surface area contributed by atoms with Crippen LogP contribution < -0.4 is 0 Å². The van der Waals surface area contributed by atoms with E-state index in [1.807, 2.05) is 0 Å². The zero-order chi connectivity index (χ0) is 11.7. The lowest BCUT2D eigenvalue weighted by Crippen LogP contribution is -1.96. The van der Waals surface area contributed by atoms with Gasteiger partial charge < -0.3 is 0 Å². The van der Waals surface area contributed by atoms with Crippen molar-refractivity contribution in [3.05, 3.63) is 46.9 Å². The molecular formula is C10H4ClF3N2. The Balaban J connectivity index is 2.57. The van der Waals surface area contributed by atoms with Crippen molar-refractivity contribution < 1.29 is 13.2 Å². The molecule has 0 unspecified atom stereocenters. The molecule has 1 heterocycles. The fourth-order valence-corrected chi connectivity index (χ4v) is 1.28. The van der Waals surface area contributed by atoms with Crippen molar-refractivity contribution in [2.45, 2.75) is 0 Å². The number of aromatic nitrogens is 2. The average Bonchev–Trinajstić information content (AvgIpc) is 2.28. The predicted molar refractivity (Wildman–Crippen MR) is 52.4 cm³/mol. The van der Waals surface area contributed by atoms with Crippen LogP contribution in [0.1, 0.15) is 0 Å². The number of hydrogen-bond donors (Lipinski definition) is 0. The first-order valence-electron chi connectivity index (χ1n) is 4.22. The van der Waals surface area contributed by atoms with E-state index >= 15 is 0 Å². The fraction of sp³-hybridized carbons (Fsp3) is 0. The molecule has 0 saturated carbocycles. The van der Waals surface area contributed by atoms with E-state index in [2.05, 4.69) is 10.2 Å².